The first-order valence-corrected chi connectivity index (χ1v) is 4.75. The standard InChI is InChI=1S/C9H12F3NO/c10-9(11,12)2-1-8-3-6(4-8)7(14)13-5-8/h6H,1-5H2,(H,13,14). The highest BCUT2D eigenvalue weighted by atomic mass is 19.4. The van der Waals surface area contributed by atoms with Crippen LogP contribution in [0.3, 0.4) is 0 Å². The van der Waals surface area contributed by atoms with Crippen molar-refractivity contribution in [2.24, 2.45) is 11.3 Å². The quantitative estimate of drug-likeness (QED) is 0.735. The van der Waals surface area contributed by atoms with Crippen molar-refractivity contribution < 1.29 is 18.0 Å². The molecule has 5 heteroatoms. The van der Waals surface area contributed by atoms with Gasteiger partial charge in [-0.3, -0.25) is 4.79 Å². The van der Waals surface area contributed by atoms with Crippen LogP contribution < -0.4 is 5.32 Å². The second-order valence-electron chi connectivity index (χ2n) is 4.44. The third-order valence-electron chi connectivity index (χ3n) is 3.31. The van der Waals surface area contributed by atoms with Crippen LogP contribution >= 0.6 is 0 Å². The molecule has 0 radical (unpaired) electrons. The van der Waals surface area contributed by atoms with Gasteiger partial charge in [-0.15, -0.1) is 0 Å². The molecule has 0 spiro atoms. The lowest BCUT2D eigenvalue weighted by atomic mass is 9.57. The molecule has 2 nitrogen and oxygen atoms in total. The Balaban J connectivity index is 1.86. The minimum absolute atomic E-state index is 0.0129. The van der Waals surface area contributed by atoms with Crippen LogP contribution in [-0.2, 0) is 4.79 Å². The molecule has 0 atom stereocenters. The first kappa shape index (κ1) is 9.80. The lowest BCUT2D eigenvalue weighted by Crippen LogP contribution is -2.58. The minimum Gasteiger partial charge on any atom is -0.355 e. The Morgan fingerprint density at radius 2 is 2.07 bits per heavy atom. The van der Waals surface area contributed by atoms with E-state index in [0.29, 0.717) is 19.4 Å². The number of rotatable bonds is 2. The van der Waals surface area contributed by atoms with E-state index < -0.39 is 12.6 Å². The zero-order valence-electron chi connectivity index (χ0n) is 7.66. The van der Waals surface area contributed by atoms with Gasteiger partial charge in [0.15, 0.2) is 0 Å². The third kappa shape index (κ3) is 1.72. The Bertz CT molecular complexity index is 250. The highest BCUT2D eigenvalue weighted by molar-refractivity contribution is 5.81. The summed E-state index contributed by atoms with van der Waals surface area (Å²) in [5.74, 6) is -0.00383. The Morgan fingerprint density at radius 1 is 1.43 bits per heavy atom. The number of piperidine rings is 2. The van der Waals surface area contributed by atoms with Gasteiger partial charge in [0, 0.05) is 18.9 Å². The molecule has 2 bridgehead atoms. The number of hydrogen-bond acceptors (Lipinski definition) is 1. The number of carbonyl (C=O) groups is 1. The van der Waals surface area contributed by atoms with Gasteiger partial charge < -0.3 is 5.32 Å². The van der Waals surface area contributed by atoms with Crippen molar-refractivity contribution in [3.05, 3.63) is 0 Å². The monoisotopic (exact) mass is 207 g/mol. The molecule has 0 aromatic heterocycles. The maximum Gasteiger partial charge on any atom is 0.389 e. The zero-order valence-corrected chi connectivity index (χ0v) is 7.66. The number of carbonyl (C=O) groups excluding carboxylic acids is 1. The molecule has 3 aliphatic rings. The van der Waals surface area contributed by atoms with Crippen LogP contribution in [0, 0.1) is 11.3 Å². The fourth-order valence-corrected chi connectivity index (χ4v) is 2.43. The van der Waals surface area contributed by atoms with E-state index in [1.165, 1.54) is 0 Å². The normalized spacial score (nSPS) is 36.2. The topological polar surface area (TPSA) is 29.1 Å². The van der Waals surface area contributed by atoms with Crippen LogP contribution in [0.4, 0.5) is 13.2 Å². The van der Waals surface area contributed by atoms with Gasteiger partial charge in [-0.1, -0.05) is 0 Å². The fraction of sp³-hybridized carbons (Fsp3) is 0.889. The van der Waals surface area contributed by atoms with Gasteiger partial charge in [-0.25, -0.2) is 0 Å². The number of nitrogens with one attached hydrogen (secondary N) is 1. The SMILES string of the molecule is O=C1NCC2(CCC(F)(F)F)CC1C2. The Hall–Kier alpha value is -0.740. The number of amides is 1. The maximum absolute atomic E-state index is 12.0. The summed E-state index contributed by atoms with van der Waals surface area (Å²) < 4.78 is 36.0. The highest BCUT2D eigenvalue weighted by Crippen LogP contribution is 2.52. The van der Waals surface area contributed by atoms with Crippen LogP contribution in [0.15, 0.2) is 0 Å². The molecule has 3 fully saturated rings. The number of fused-ring (bicyclic) bond motifs is 2. The first-order valence-electron chi connectivity index (χ1n) is 4.75. The van der Waals surface area contributed by atoms with E-state index in [2.05, 4.69) is 5.32 Å². The van der Waals surface area contributed by atoms with Gasteiger partial charge in [0.2, 0.25) is 5.91 Å². The predicted octanol–water partition coefficient (Wildman–Crippen LogP) is 1.86. The first-order chi connectivity index (χ1) is 6.40. The predicted molar refractivity (Wildman–Crippen MR) is 43.5 cm³/mol. The molecule has 0 unspecified atom stereocenters. The van der Waals surface area contributed by atoms with Gasteiger partial charge in [0.25, 0.3) is 0 Å². The largest absolute Gasteiger partial charge is 0.389 e. The van der Waals surface area contributed by atoms with E-state index in [4.69, 9.17) is 0 Å². The summed E-state index contributed by atoms with van der Waals surface area (Å²) in [6, 6.07) is 0. The maximum atomic E-state index is 12.0. The second-order valence-corrected chi connectivity index (χ2v) is 4.44. The summed E-state index contributed by atoms with van der Waals surface area (Å²) in [4.78, 5) is 11.0. The summed E-state index contributed by atoms with van der Waals surface area (Å²) in [7, 11) is 0. The minimum atomic E-state index is -4.07. The van der Waals surface area contributed by atoms with Gasteiger partial charge in [0.1, 0.15) is 0 Å². The molecule has 1 aliphatic carbocycles. The molecule has 2 aliphatic heterocycles. The van der Waals surface area contributed by atoms with Crippen molar-refractivity contribution in [2.45, 2.75) is 31.9 Å². The number of halogens is 3. The van der Waals surface area contributed by atoms with Crippen LogP contribution in [0.2, 0.25) is 0 Å². The molecule has 1 N–H and O–H groups in total. The Kier molecular flexibility index (Phi) is 2.01. The van der Waals surface area contributed by atoms with Crippen molar-refractivity contribution >= 4 is 5.91 Å². The molecule has 2 heterocycles. The summed E-state index contributed by atoms with van der Waals surface area (Å²) in [5, 5.41) is 2.65. The molecule has 1 saturated carbocycles. The van der Waals surface area contributed by atoms with E-state index >= 15 is 0 Å². The smallest absolute Gasteiger partial charge is 0.355 e. The Morgan fingerprint density at radius 3 is 2.50 bits per heavy atom. The number of alkyl halides is 3. The van der Waals surface area contributed by atoms with Crippen molar-refractivity contribution in [1.82, 2.24) is 5.32 Å². The molecular weight excluding hydrogens is 195 g/mol. The third-order valence-corrected chi connectivity index (χ3v) is 3.31. The van der Waals surface area contributed by atoms with E-state index in [1.807, 2.05) is 0 Å². The lowest BCUT2D eigenvalue weighted by molar-refractivity contribution is -0.156. The molecule has 2 saturated heterocycles. The molecule has 0 aromatic carbocycles. The summed E-state index contributed by atoms with van der Waals surface area (Å²) in [5.41, 5.74) is -0.242. The zero-order chi connectivity index (χ0) is 10.4. The van der Waals surface area contributed by atoms with Crippen LogP contribution in [0.25, 0.3) is 0 Å². The van der Waals surface area contributed by atoms with Gasteiger partial charge in [-0.05, 0) is 24.7 Å². The molecule has 14 heavy (non-hydrogen) atoms. The Labute approximate surface area is 79.9 Å². The average molecular weight is 207 g/mol. The van der Waals surface area contributed by atoms with Crippen LogP contribution in [-0.4, -0.2) is 18.6 Å². The van der Waals surface area contributed by atoms with Crippen molar-refractivity contribution in [2.75, 3.05) is 6.54 Å². The van der Waals surface area contributed by atoms with E-state index in [0.717, 1.165) is 0 Å². The van der Waals surface area contributed by atoms with Crippen molar-refractivity contribution in [3.63, 3.8) is 0 Å². The van der Waals surface area contributed by atoms with Crippen LogP contribution in [0.1, 0.15) is 25.7 Å². The average Bonchev–Trinajstić information content (AvgIpc) is 1.99. The van der Waals surface area contributed by atoms with Gasteiger partial charge in [0.05, 0.1) is 0 Å². The van der Waals surface area contributed by atoms with Gasteiger partial charge in [-0.2, -0.15) is 13.2 Å². The summed E-state index contributed by atoms with van der Waals surface area (Å²) >= 11 is 0. The lowest BCUT2D eigenvalue weighted by Gasteiger charge is -2.51. The van der Waals surface area contributed by atoms with Gasteiger partial charge >= 0.3 is 6.18 Å². The van der Waals surface area contributed by atoms with Crippen molar-refractivity contribution in [3.8, 4) is 0 Å². The molecular formula is C9H12F3NO. The summed E-state index contributed by atoms with van der Waals surface area (Å²) in [6.45, 7) is 0.429. The molecule has 1 amide bonds. The van der Waals surface area contributed by atoms with Crippen LogP contribution in [0.5, 0.6) is 0 Å². The van der Waals surface area contributed by atoms with E-state index in [9.17, 15) is 18.0 Å². The molecule has 80 valence electrons. The number of hydrogen-bond donors (Lipinski definition) is 1. The molecule has 3 rings (SSSR count). The summed E-state index contributed by atoms with van der Waals surface area (Å²) in [6.07, 6.45) is -3.34. The highest BCUT2D eigenvalue weighted by Gasteiger charge is 2.52. The van der Waals surface area contributed by atoms with E-state index in [1.54, 1.807) is 0 Å². The van der Waals surface area contributed by atoms with E-state index in [-0.39, 0.29) is 23.7 Å². The molecule has 0 aromatic rings. The fourth-order valence-electron chi connectivity index (χ4n) is 2.43. The second kappa shape index (κ2) is 2.87. The van der Waals surface area contributed by atoms with Crippen molar-refractivity contribution in [1.29, 1.82) is 0 Å².